The van der Waals surface area contributed by atoms with Gasteiger partial charge < -0.3 is 10.6 Å². The van der Waals surface area contributed by atoms with Gasteiger partial charge in [0.2, 0.25) is 0 Å². The summed E-state index contributed by atoms with van der Waals surface area (Å²) in [6, 6.07) is 10.4. The Labute approximate surface area is 138 Å². The van der Waals surface area contributed by atoms with E-state index in [-0.39, 0.29) is 5.41 Å². The number of benzene rings is 1. The van der Waals surface area contributed by atoms with Gasteiger partial charge in [0, 0.05) is 29.7 Å². The normalized spacial score (nSPS) is 16.4. The van der Waals surface area contributed by atoms with Crippen LogP contribution in [0.4, 0.5) is 0 Å². The van der Waals surface area contributed by atoms with Crippen molar-refractivity contribution in [3.8, 4) is 0 Å². The molecule has 22 heavy (non-hydrogen) atoms. The first-order chi connectivity index (χ1) is 10.7. The van der Waals surface area contributed by atoms with Crippen LogP contribution in [0.25, 0.3) is 0 Å². The van der Waals surface area contributed by atoms with Crippen molar-refractivity contribution < 1.29 is 0 Å². The highest BCUT2D eigenvalue weighted by Gasteiger charge is 2.45. The Bertz CT molecular complexity index is 646. The maximum absolute atomic E-state index is 4.28. The van der Waals surface area contributed by atoms with E-state index in [0.717, 1.165) is 18.2 Å². The quantitative estimate of drug-likeness (QED) is 0.566. The Hall–Kier alpha value is -1.82. The number of hydrogen-bond donors (Lipinski definition) is 3. The molecule has 1 aliphatic rings. The minimum atomic E-state index is 0.228. The molecule has 6 heteroatoms. The lowest BCUT2D eigenvalue weighted by Gasteiger charge is -2.20. The maximum Gasteiger partial charge on any atom is 0.191 e. The van der Waals surface area contributed by atoms with E-state index in [1.54, 1.807) is 13.2 Å². The fourth-order valence-electron chi connectivity index (χ4n) is 2.62. The summed E-state index contributed by atoms with van der Waals surface area (Å²) in [6.07, 6.45) is 4.17. The molecule has 2 aromatic rings. The van der Waals surface area contributed by atoms with Crippen molar-refractivity contribution in [2.24, 2.45) is 4.99 Å². The van der Waals surface area contributed by atoms with Crippen LogP contribution >= 0.6 is 15.9 Å². The first-order valence-electron chi connectivity index (χ1n) is 7.41. The van der Waals surface area contributed by atoms with Crippen LogP contribution in [0.3, 0.4) is 0 Å². The number of nitrogens with one attached hydrogen (secondary N) is 3. The van der Waals surface area contributed by atoms with E-state index < -0.39 is 0 Å². The van der Waals surface area contributed by atoms with Gasteiger partial charge in [-0.05, 0) is 30.5 Å². The molecule has 3 rings (SSSR count). The minimum absolute atomic E-state index is 0.228. The number of aromatic amines is 1. The van der Waals surface area contributed by atoms with Gasteiger partial charge in [-0.2, -0.15) is 5.10 Å². The molecule has 1 aliphatic carbocycles. The number of rotatable bonds is 5. The fourth-order valence-corrected chi connectivity index (χ4v) is 3.32. The number of H-pyrrole nitrogens is 1. The molecular formula is C16H20BrN5. The van der Waals surface area contributed by atoms with Crippen molar-refractivity contribution in [3.05, 3.63) is 52.3 Å². The summed E-state index contributed by atoms with van der Waals surface area (Å²) in [6.45, 7) is 1.57. The molecule has 0 aliphatic heterocycles. The van der Waals surface area contributed by atoms with Gasteiger partial charge in [-0.1, -0.05) is 34.1 Å². The third-order valence-corrected chi connectivity index (χ3v) is 4.81. The molecule has 0 atom stereocenters. The summed E-state index contributed by atoms with van der Waals surface area (Å²) in [5.41, 5.74) is 2.65. The highest BCUT2D eigenvalue weighted by molar-refractivity contribution is 9.10. The molecule has 0 radical (unpaired) electrons. The van der Waals surface area contributed by atoms with Gasteiger partial charge >= 0.3 is 0 Å². The highest BCUT2D eigenvalue weighted by atomic mass is 79.9. The average Bonchev–Trinajstić information content (AvgIpc) is 3.13. The molecule has 0 amide bonds. The average molecular weight is 362 g/mol. The second kappa shape index (κ2) is 6.52. The zero-order valence-electron chi connectivity index (χ0n) is 12.6. The number of halogens is 1. The summed E-state index contributed by atoms with van der Waals surface area (Å²) >= 11 is 3.67. The number of hydrogen-bond acceptors (Lipinski definition) is 2. The van der Waals surface area contributed by atoms with Gasteiger partial charge in [0.05, 0.1) is 12.2 Å². The van der Waals surface area contributed by atoms with E-state index in [2.05, 4.69) is 66.0 Å². The smallest absolute Gasteiger partial charge is 0.191 e. The predicted molar refractivity (Wildman–Crippen MR) is 91.8 cm³/mol. The Morgan fingerprint density at radius 1 is 1.32 bits per heavy atom. The molecule has 0 spiro atoms. The number of aliphatic imine (C=N–C) groups is 1. The first-order valence-corrected chi connectivity index (χ1v) is 8.21. The number of guanidine groups is 1. The maximum atomic E-state index is 4.28. The molecule has 1 aromatic heterocycles. The monoisotopic (exact) mass is 361 g/mol. The Balaban J connectivity index is 1.58. The van der Waals surface area contributed by atoms with Gasteiger partial charge in [-0.3, -0.25) is 10.1 Å². The summed E-state index contributed by atoms with van der Waals surface area (Å²) in [7, 11) is 1.79. The zero-order valence-corrected chi connectivity index (χ0v) is 14.2. The molecular weight excluding hydrogens is 342 g/mol. The molecule has 5 nitrogen and oxygen atoms in total. The lowest BCUT2D eigenvalue weighted by molar-refractivity contribution is 0.642. The van der Waals surface area contributed by atoms with Crippen LogP contribution in [-0.4, -0.2) is 29.7 Å². The van der Waals surface area contributed by atoms with Crippen LogP contribution in [0.1, 0.15) is 24.1 Å². The lowest BCUT2D eigenvalue weighted by Crippen LogP contribution is -2.41. The standard InChI is InChI=1S/C16H20BrN5/c1-18-15(19-10-12-6-9-21-22-12)20-11-16(7-8-16)13-4-2-3-5-14(13)17/h2-6,9H,7-8,10-11H2,1H3,(H,21,22)(H2,18,19,20). The zero-order chi connectivity index (χ0) is 15.4. The molecule has 3 N–H and O–H groups in total. The summed E-state index contributed by atoms with van der Waals surface area (Å²) in [4.78, 5) is 4.28. The van der Waals surface area contributed by atoms with Crippen LogP contribution in [0.15, 0.2) is 46.0 Å². The van der Waals surface area contributed by atoms with Crippen LogP contribution in [0, 0.1) is 0 Å². The third kappa shape index (κ3) is 3.32. The van der Waals surface area contributed by atoms with Crippen LogP contribution in [0.2, 0.25) is 0 Å². The van der Waals surface area contributed by atoms with Crippen molar-refractivity contribution in [3.63, 3.8) is 0 Å². The van der Waals surface area contributed by atoms with Gasteiger partial charge in [-0.25, -0.2) is 0 Å². The van der Waals surface area contributed by atoms with Crippen LogP contribution in [-0.2, 0) is 12.0 Å². The summed E-state index contributed by atoms with van der Waals surface area (Å²) in [5, 5.41) is 13.6. The fraction of sp³-hybridized carbons (Fsp3) is 0.375. The molecule has 0 saturated heterocycles. The second-order valence-electron chi connectivity index (χ2n) is 5.62. The summed E-state index contributed by atoms with van der Waals surface area (Å²) in [5.74, 6) is 0.813. The summed E-state index contributed by atoms with van der Waals surface area (Å²) < 4.78 is 1.19. The Morgan fingerprint density at radius 3 is 2.77 bits per heavy atom. The van der Waals surface area contributed by atoms with Crippen LogP contribution < -0.4 is 10.6 Å². The van der Waals surface area contributed by atoms with Gasteiger partial charge in [0.1, 0.15) is 0 Å². The molecule has 1 heterocycles. The first kappa shape index (κ1) is 15.1. The Kier molecular flexibility index (Phi) is 4.47. The molecule has 1 saturated carbocycles. The minimum Gasteiger partial charge on any atom is -0.356 e. The van der Waals surface area contributed by atoms with E-state index in [9.17, 15) is 0 Å². The van der Waals surface area contributed by atoms with E-state index in [4.69, 9.17) is 0 Å². The molecule has 116 valence electrons. The van der Waals surface area contributed by atoms with Gasteiger partial charge in [0.15, 0.2) is 5.96 Å². The van der Waals surface area contributed by atoms with Gasteiger partial charge in [0.25, 0.3) is 0 Å². The van der Waals surface area contributed by atoms with Crippen molar-refractivity contribution in [1.29, 1.82) is 0 Å². The number of aromatic nitrogens is 2. The van der Waals surface area contributed by atoms with Crippen molar-refractivity contribution >= 4 is 21.9 Å². The predicted octanol–water partition coefficient (Wildman–Crippen LogP) is 2.57. The van der Waals surface area contributed by atoms with E-state index in [0.29, 0.717) is 6.54 Å². The molecule has 1 fully saturated rings. The SMILES string of the molecule is CN=C(NCc1ccn[nH]1)NCC1(c2ccccc2Br)CC1. The third-order valence-electron chi connectivity index (χ3n) is 4.12. The Morgan fingerprint density at radius 2 is 2.14 bits per heavy atom. The topological polar surface area (TPSA) is 65.1 Å². The highest BCUT2D eigenvalue weighted by Crippen LogP contribution is 2.49. The molecule has 0 unspecified atom stereocenters. The van der Waals surface area contributed by atoms with Crippen LogP contribution in [0.5, 0.6) is 0 Å². The van der Waals surface area contributed by atoms with E-state index in [1.807, 2.05) is 6.07 Å². The largest absolute Gasteiger partial charge is 0.356 e. The molecule has 0 bridgehead atoms. The van der Waals surface area contributed by atoms with Crippen molar-refractivity contribution in [2.75, 3.05) is 13.6 Å². The molecule has 1 aromatic carbocycles. The number of nitrogens with zero attached hydrogens (tertiary/aromatic N) is 2. The van der Waals surface area contributed by atoms with Gasteiger partial charge in [-0.15, -0.1) is 0 Å². The van der Waals surface area contributed by atoms with E-state index in [1.165, 1.54) is 22.9 Å². The van der Waals surface area contributed by atoms with Crippen molar-refractivity contribution in [1.82, 2.24) is 20.8 Å². The second-order valence-corrected chi connectivity index (χ2v) is 6.48. The lowest BCUT2D eigenvalue weighted by atomic mass is 9.96. The van der Waals surface area contributed by atoms with E-state index >= 15 is 0 Å². The van der Waals surface area contributed by atoms with Crippen molar-refractivity contribution in [2.45, 2.75) is 24.8 Å².